The van der Waals surface area contributed by atoms with E-state index in [4.69, 9.17) is 0 Å². The number of nitrogens with one attached hydrogen (secondary N) is 1. The first-order chi connectivity index (χ1) is 7.48. The first kappa shape index (κ1) is 11.8. The van der Waals surface area contributed by atoms with Crippen molar-refractivity contribution in [1.29, 1.82) is 0 Å². The van der Waals surface area contributed by atoms with Gasteiger partial charge in [0.2, 0.25) is 0 Å². The van der Waals surface area contributed by atoms with E-state index in [9.17, 15) is 4.79 Å². The normalized spacial score (nSPS) is 21.3. The fourth-order valence-electron chi connectivity index (χ4n) is 1.95. The van der Waals surface area contributed by atoms with Gasteiger partial charge in [0.1, 0.15) is 0 Å². The Hall–Kier alpha value is -0.670. The van der Waals surface area contributed by atoms with Crippen LogP contribution in [-0.4, -0.2) is 18.4 Å². The number of ketones is 1. The molecule has 1 atom stereocenters. The second-order valence-electron chi connectivity index (χ2n) is 5.43. The van der Waals surface area contributed by atoms with Crippen LogP contribution in [-0.2, 0) is 5.41 Å². The Balaban J connectivity index is 2.15. The molecule has 1 saturated heterocycles. The molecule has 1 fully saturated rings. The molecule has 1 aliphatic rings. The second kappa shape index (κ2) is 4.30. The summed E-state index contributed by atoms with van der Waals surface area (Å²) < 4.78 is 0. The van der Waals surface area contributed by atoms with Crippen LogP contribution in [0.1, 0.15) is 48.2 Å². The standard InChI is InChI=1S/C13H19NOS/c1-13(2,3)11-7-6-10(16-11)12(15)9-5-4-8-14-9/h6-7,9,14H,4-5,8H2,1-3H3. The quantitative estimate of drug-likeness (QED) is 0.801. The Morgan fingerprint density at radius 2 is 2.19 bits per heavy atom. The van der Waals surface area contributed by atoms with E-state index in [-0.39, 0.29) is 17.2 Å². The summed E-state index contributed by atoms with van der Waals surface area (Å²) in [5.41, 5.74) is 0.145. The summed E-state index contributed by atoms with van der Waals surface area (Å²) in [5.74, 6) is 0.276. The van der Waals surface area contributed by atoms with Crippen molar-refractivity contribution in [2.75, 3.05) is 6.54 Å². The van der Waals surface area contributed by atoms with Crippen LogP contribution in [0, 0.1) is 0 Å². The molecule has 16 heavy (non-hydrogen) atoms. The van der Waals surface area contributed by atoms with E-state index < -0.39 is 0 Å². The molecular weight excluding hydrogens is 218 g/mol. The number of thiophene rings is 1. The monoisotopic (exact) mass is 237 g/mol. The molecule has 0 aromatic carbocycles. The van der Waals surface area contributed by atoms with Gasteiger partial charge in [0, 0.05) is 4.88 Å². The van der Waals surface area contributed by atoms with Crippen molar-refractivity contribution in [2.45, 2.75) is 45.1 Å². The lowest BCUT2D eigenvalue weighted by molar-refractivity contribution is 0.0956. The van der Waals surface area contributed by atoms with E-state index >= 15 is 0 Å². The van der Waals surface area contributed by atoms with E-state index in [1.165, 1.54) is 4.88 Å². The molecule has 1 unspecified atom stereocenters. The number of hydrogen-bond acceptors (Lipinski definition) is 3. The Bertz CT molecular complexity index is 383. The van der Waals surface area contributed by atoms with Crippen LogP contribution >= 0.6 is 11.3 Å². The average molecular weight is 237 g/mol. The van der Waals surface area contributed by atoms with Crippen LogP contribution in [0.4, 0.5) is 0 Å². The highest BCUT2D eigenvalue weighted by atomic mass is 32.1. The summed E-state index contributed by atoms with van der Waals surface area (Å²) in [6, 6.07) is 4.13. The first-order valence-electron chi connectivity index (χ1n) is 5.86. The first-order valence-corrected chi connectivity index (χ1v) is 6.68. The van der Waals surface area contributed by atoms with Crippen molar-refractivity contribution in [3.8, 4) is 0 Å². The van der Waals surface area contributed by atoms with Crippen molar-refractivity contribution >= 4 is 17.1 Å². The van der Waals surface area contributed by atoms with Gasteiger partial charge in [-0.05, 0) is 36.9 Å². The molecule has 2 rings (SSSR count). The number of rotatable bonds is 2. The van der Waals surface area contributed by atoms with Crippen LogP contribution < -0.4 is 5.32 Å². The summed E-state index contributed by atoms with van der Waals surface area (Å²) in [4.78, 5) is 14.3. The summed E-state index contributed by atoms with van der Waals surface area (Å²) in [5, 5.41) is 3.26. The maximum absolute atomic E-state index is 12.1. The Morgan fingerprint density at radius 3 is 2.69 bits per heavy atom. The van der Waals surface area contributed by atoms with Gasteiger partial charge in [-0.2, -0.15) is 0 Å². The third-order valence-electron chi connectivity index (χ3n) is 2.96. The predicted octanol–water partition coefficient (Wildman–Crippen LogP) is 2.98. The molecule has 0 aliphatic carbocycles. The van der Waals surface area contributed by atoms with Crippen LogP contribution in [0.25, 0.3) is 0 Å². The molecule has 88 valence electrons. The van der Waals surface area contributed by atoms with Crippen LogP contribution in [0.3, 0.4) is 0 Å². The Labute approximate surface area is 101 Å². The van der Waals surface area contributed by atoms with Crippen LogP contribution in [0.2, 0.25) is 0 Å². The van der Waals surface area contributed by atoms with Crippen molar-refractivity contribution in [3.05, 3.63) is 21.9 Å². The van der Waals surface area contributed by atoms with E-state index in [1.54, 1.807) is 11.3 Å². The van der Waals surface area contributed by atoms with Gasteiger partial charge in [-0.1, -0.05) is 20.8 Å². The van der Waals surface area contributed by atoms with Gasteiger partial charge in [-0.15, -0.1) is 11.3 Å². The van der Waals surface area contributed by atoms with Gasteiger partial charge in [0.15, 0.2) is 5.78 Å². The van der Waals surface area contributed by atoms with Crippen molar-refractivity contribution in [2.24, 2.45) is 0 Å². The molecule has 3 heteroatoms. The van der Waals surface area contributed by atoms with E-state index in [0.717, 1.165) is 24.3 Å². The summed E-state index contributed by atoms with van der Waals surface area (Å²) >= 11 is 1.65. The minimum absolute atomic E-state index is 0.0615. The molecule has 0 amide bonds. The molecule has 2 nitrogen and oxygen atoms in total. The molecule has 0 bridgehead atoms. The highest BCUT2D eigenvalue weighted by molar-refractivity contribution is 7.14. The topological polar surface area (TPSA) is 29.1 Å². The summed E-state index contributed by atoms with van der Waals surface area (Å²) in [6.45, 7) is 7.52. The molecule has 0 spiro atoms. The predicted molar refractivity (Wildman–Crippen MR) is 68.4 cm³/mol. The molecule has 2 heterocycles. The van der Waals surface area contributed by atoms with Gasteiger partial charge >= 0.3 is 0 Å². The largest absolute Gasteiger partial charge is 0.307 e. The fraction of sp³-hybridized carbons (Fsp3) is 0.615. The van der Waals surface area contributed by atoms with Gasteiger partial charge < -0.3 is 5.32 Å². The van der Waals surface area contributed by atoms with Crippen LogP contribution in [0.5, 0.6) is 0 Å². The molecule has 0 saturated carbocycles. The minimum Gasteiger partial charge on any atom is -0.307 e. The maximum Gasteiger partial charge on any atom is 0.189 e. The summed E-state index contributed by atoms with van der Waals surface area (Å²) in [7, 11) is 0. The molecule has 1 aliphatic heterocycles. The smallest absolute Gasteiger partial charge is 0.189 e. The van der Waals surface area contributed by atoms with Gasteiger partial charge in [-0.25, -0.2) is 0 Å². The van der Waals surface area contributed by atoms with Crippen molar-refractivity contribution < 1.29 is 4.79 Å². The van der Waals surface area contributed by atoms with E-state index in [2.05, 4.69) is 32.2 Å². The fourth-order valence-corrected chi connectivity index (χ4v) is 3.01. The highest BCUT2D eigenvalue weighted by Crippen LogP contribution is 2.30. The summed E-state index contributed by atoms with van der Waals surface area (Å²) in [6.07, 6.45) is 2.11. The molecule has 1 N–H and O–H groups in total. The maximum atomic E-state index is 12.1. The Morgan fingerprint density at radius 1 is 1.44 bits per heavy atom. The van der Waals surface area contributed by atoms with E-state index in [0.29, 0.717) is 0 Å². The van der Waals surface area contributed by atoms with Crippen molar-refractivity contribution in [3.63, 3.8) is 0 Å². The zero-order valence-corrected chi connectivity index (χ0v) is 11.0. The third-order valence-corrected chi connectivity index (χ3v) is 4.49. The highest BCUT2D eigenvalue weighted by Gasteiger charge is 2.25. The van der Waals surface area contributed by atoms with Gasteiger partial charge in [0.25, 0.3) is 0 Å². The third kappa shape index (κ3) is 2.36. The van der Waals surface area contributed by atoms with E-state index in [1.807, 2.05) is 6.07 Å². The van der Waals surface area contributed by atoms with Gasteiger partial charge in [-0.3, -0.25) is 4.79 Å². The minimum atomic E-state index is 0.0615. The lowest BCUT2D eigenvalue weighted by Gasteiger charge is -2.15. The second-order valence-corrected chi connectivity index (χ2v) is 6.51. The average Bonchev–Trinajstić information content (AvgIpc) is 2.87. The number of hydrogen-bond donors (Lipinski definition) is 1. The Kier molecular flexibility index (Phi) is 3.17. The molecule has 1 aromatic heterocycles. The zero-order chi connectivity index (χ0) is 11.8. The lowest BCUT2D eigenvalue weighted by Crippen LogP contribution is -2.30. The molecule has 1 aromatic rings. The molecular formula is C13H19NOS. The number of carbonyl (C=O) groups excluding carboxylic acids is 1. The van der Waals surface area contributed by atoms with Crippen LogP contribution in [0.15, 0.2) is 12.1 Å². The SMILES string of the molecule is CC(C)(C)c1ccc(C(=O)C2CCCN2)s1. The number of carbonyl (C=O) groups is 1. The zero-order valence-electron chi connectivity index (χ0n) is 10.2. The van der Waals surface area contributed by atoms with Gasteiger partial charge in [0.05, 0.1) is 10.9 Å². The molecule has 0 radical (unpaired) electrons. The van der Waals surface area contributed by atoms with Crippen molar-refractivity contribution in [1.82, 2.24) is 5.32 Å². The lowest BCUT2D eigenvalue weighted by atomic mass is 9.95. The number of Topliss-reactive ketones (excluding diaryl/α,β-unsaturated/α-hetero) is 1.